The lowest BCUT2D eigenvalue weighted by atomic mass is 10.0. The molecule has 0 aliphatic heterocycles. The summed E-state index contributed by atoms with van der Waals surface area (Å²) in [4.78, 5) is 4.02. The third kappa shape index (κ3) is 6.20. The van der Waals surface area contributed by atoms with E-state index in [1.807, 2.05) is 86.5 Å². The maximum Gasteiger partial charge on any atom is 0.269 e. The molecule has 0 spiro atoms. The summed E-state index contributed by atoms with van der Waals surface area (Å²) in [5.74, 6) is 0. The molecular weight excluding hydrogens is 388 g/mol. The van der Waals surface area contributed by atoms with Crippen LogP contribution in [-0.2, 0) is 10.1 Å². The molecule has 1 unspecified atom stereocenters. The Kier molecular flexibility index (Phi) is 7.64. The molecule has 0 amide bonds. The fourth-order valence-corrected chi connectivity index (χ4v) is 3.30. The number of nitrogens with one attached hydrogen (secondary N) is 1. The number of hydrazone groups is 1. The standard InChI is InChI=1S/C21H29N4O3S/c1-6-20(29(26,27)28)15-22-23-21(16-7-11-18(12-8-16)24(2)3)17-9-13-19(14-10-17)25(4)5/h7-14,20,22H,1,6,15H2,2-5H3,(H,26,27,28). The van der Waals surface area contributed by atoms with Crippen LogP contribution in [0.25, 0.3) is 0 Å². The first-order chi connectivity index (χ1) is 13.6. The van der Waals surface area contributed by atoms with Gasteiger partial charge in [-0.05, 0) is 30.7 Å². The lowest BCUT2D eigenvalue weighted by Crippen LogP contribution is -2.31. The number of hydrogen-bond donors (Lipinski definition) is 2. The van der Waals surface area contributed by atoms with Crippen LogP contribution in [0.4, 0.5) is 11.4 Å². The van der Waals surface area contributed by atoms with Gasteiger partial charge in [0.05, 0.1) is 12.3 Å². The number of benzene rings is 2. The van der Waals surface area contributed by atoms with Gasteiger partial charge in [0.25, 0.3) is 10.1 Å². The van der Waals surface area contributed by atoms with Gasteiger partial charge in [0.15, 0.2) is 0 Å². The Morgan fingerprint density at radius 1 is 0.966 bits per heavy atom. The van der Waals surface area contributed by atoms with Gasteiger partial charge in [0, 0.05) is 50.7 Å². The van der Waals surface area contributed by atoms with Crippen LogP contribution < -0.4 is 15.2 Å². The molecule has 0 fully saturated rings. The monoisotopic (exact) mass is 417 g/mol. The van der Waals surface area contributed by atoms with Gasteiger partial charge >= 0.3 is 0 Å². The molecule has 157 valence electrons. The molecule has 0 heterocycles. The van der Waals surface area contributed by atoms with E-state index in [9.17, 15) is 13.0 Å². The fourth-order valence-electron chi connectivity index (χ4n) is 2.71. The summed E-state index contributed by atoms with van der Waals surface area (Å²) < 4.78 is 32.1. The molecule has 1 atom stereocenters. The molecule has 2 rings (SSSR count). The van der Waals surface area contributed by atoms with E-state index in [-0.39, 0.29) is 13.0 Å². The third-order valence-corrected chi connectivity index (χ3v) is 5.81. The van der Waals surface area contributed by atoms with E-state index < -0.39 is 15.4 Å². The van der Waals surface area contributed by atoms with E-state index >= 15 is 0 Å². The smallest absolute Gasteiger partial charge is 0.269 e. The first-order valence-electron chi connectivity index (χ1n) is 9.25. The van der Waals surface area contributed by atoms with Gasteiger partial charge in [-0.2, -0.15) is 13.5 Å². The highest BCUT2D eigenvalue weighted by Crippen LogP contribution is 2.19. The molecule has 8 heteroatoms. The Morgan fingerprint density at radius 2 is 1.38 bits per heavy atom. The van der Waals surface area contributed by atoms with E-state index in [1.54, 1.807) is 0 Å². The topological polar surface area (TPSA) is 85.2 Å². The van der Waals surface area contributed by atoms with Crippen molar-refractivity contribution < 1.29 is 13.0 Å². The minimum atomic E-state index is -4.18. The SMILES string of the molecule is [CH2]CC(CNN=C(c1ccc(N(C)C)cc1)c1ccc(N(C)C)cc1)S(=O)(=O)O. The van der Waals surface area contributed by atoms with Crippen molar-refractivity contribution in [2.75, 3.05) is 44.5 Å². The highest BCUT2D eigenvalue weighted by Gasteiger charge is 2.20. The van der Waals surface area contributed by atoms with Crippen LogP contribution in [0.2, 0.25) is 0 Å². The van der Waals surface area contributed by atoms with Gasteiger partial charge in [-0.3, -0.25) is 4.55 Å². The van der Waals surface area contributed by atoms with Crippen molar-refractivity contribution in [3.63, 3.8) is 0 Å². The second-order valence-corrected chi connectivity index (χ2v) is 8.83. The first kappa shape index (κ1) is 22.7. The molecule has 0 bridgehead atoms. The van der Waals surface area contributed by atoms with Gasteiger partial charge in [0.1, 0.15) is 5.25 Å². The summed E-state index contributed by atoms with van der Waals surface area (Å²) >= 11 is 0. The predicted octanol–water partition coefficient (Wildman–Crippen LogP) is 2.64. The normalized spacial score (nSPS) is 12.2. The van der Waals surface area contributed by atoms with Gasteiger partial charge in [-0.25, -0.2) is 0 Å². The van der Waals surface area contributed by atoms with E-state index in [1.165, 1.54) is 0 Å². The van der Waals surface area contributed by atoms with Crippen molar-refractivity contribution in [3.05, 3.63) is 66.6 Å². The fraction of sp³-hybridized carbons (Fsp3) is 0.333. The van der Waals surface area contributed by atoms with Crippen molar-refractivity contribution in [1.29, 1.82) is 0 Å². The molecule has 2 aromatic carbocycles. The summed E-state index contributed by atoms with van der Waals surface area (Å²) in [5, 5.41) is 3.44. The van der Waals surface area contributed by atoms with Crippen molar-refractivity contribution >= 4 is 27.2 Å². The zero-order valence-electron chi connectivity index (χ0n) is 17.3. The number of anilines is 2. The molecule has 2 N–H and O–H groups in total. The number of hydrogen-bond acceptors (Lipinski definition) is 6. The van der Waals surface area contributed by atoms with E-state index in [0.717, 1.165) is 22.5 Å². The summed E-state index contributed by atoms with van der Waals surface area (Å²) in [7, 11) is 3.71. The molecule has 0 saturated carbocycles. The van der Waals surface area contributed by atoms with Crippen molar-refractivity contribution in [2.24, 2.45) is 5.10 Å². The van der Waals surface area contributed by atoms with E-state index in [4.69, 9.17) is 0 Å². The molecule has 2 aromatic rings. The Labute approximate surface area is 173 Å². The third-order valence-electron chi connectivity index (χ3n) is 4.57. The second-order valence-electron chi connectivity index (χ2n) is 7.13. The maximum atomic E-state index is 11.4. The summed E-state index contributed by atoms with van der Waals surface area (Å²) in [5.41, 5.74) is 7.38. The largest absolute Gasteiger partial charge is 0.378 e. The van der Waals surface area contributed by atoms with Gasteiger partial charge in [0.2, 0.25) is 0 Å². The van der Waals surface area contributed by atoms with Crippen LogP contribution in [0.1, 0.15) is 17.5 Å². The molecule has 0 saturated heterocycles. The van der Waals surface area contributed by atoms with Gasteiger partial charge < -0.3 is 15.2 Å². The Balaban J connectivity index is 2.36. The molecule has 0 aliphatic carbocycles. The highest BCUT2D eigenvalue weighted by atomic mass is 32.2. The summed E-state index contributed by atoms with van der Waals surface area (Å²) in [6.07, 6.45) is 0.0474. The Morgan fingerprint density at radius 3 is 1.69 bits per heavy atom. The van der Waals surface area contributed by atoms with E-state index in [0.29, 0.717) is 5.71 Å². The zero-order chi connectivity index (χ0) is 21.6. The van der Waals surface area contributed by atoms with Gasteiger partial charge in [-0.1, -0.05) is 31.2 Å². The summed E-state index contributed by atoms with van der Waals surface area (Å²) in [6, 6.07) is 15.9. The lowest BCUT2D eigenvalue weighted by Gasteiger charge is -2.16. The Bertz CT molecular complexity index is 868. The number of nitrogens with zero attached hydrogens (tertiary/aromatic N) is 3. The molecule has 29 heavy (non-hydrogen) atoms. The van der Waals surface area contributed by atoms with Crippen LogP contribution in [0.15, 0.2) is 53.6 Å². The van der Waals surface area contributed by atoms with Crippen LogP contribution >= 0.6 is 0 Å². The average Bonchev–Trinajstić information content (AvgIpc) is 2.67. The van der Waals surface area contributed by atoms with Gasteiger partial charge in [-0.15, -0.1) is 0 Å². The molecule has 0 aliphatic rings. The van der Waals surface area contributed by atoms with Crippen LogP contribution in [0.5, 0.6) is 0 Å². The zero-order valence-corrected chi connectivity index (χ0v) is 18.1. The second kappa shape index (κ2) is 9.76. The molecule has 0 aromatic heterocycles. The molecular formula is C21H29N4O3S. The number of rotatable bonds is 9. The average molecular weight is 418 g/mol. The minimum absolute atomic E-state index is 0.0304. The lowest BCUT2D eigenvalue weighted by molar-refractivity contribution is 0.461. The van der Waals surface area contributed by atoms with Crippen molar-refractivity contribution in [2.45, 2.75) is 11.7 Å². The van der Waals surface area contributed by atoms with Crippen molar-refractivity contribution in [1.82, 2.24) is 5.43 Å². The minimum Gasteiger partial charge on any atom is -0.378 e. The van der Waals surface area contributed by atoms with Crippen molar-refractivity contribution in [3.8, 4) is 0 Å². The molecule has 1 radical (unpaired) electrons. The molecule has 7 nitrogen and oxygen atoms in total. The quantitative estimate of drug-likeness (QED) is 0.371. The van der Waals surface area contributed by atoms with E-state index in [2.05, 4.69) is 17.5 Å². The first-order valence-corrected chi connectivity index (χ1v) is 10.8. The summed E-state index contributed by atoms with van der Waals surface area (Å²) in [6.45, 7) is 3.55. The van der Waals surface area contributed by atoms with Crippen LogP contribution in [0.3, 0.4) is 0 Å². The van der Waals surface area contributed by atoms with Crippen LogP contribution in [0, 0.1) is 6.92 Å². The predicted molar refractivity (Wildman–Crippen MR) is 120 cm³/mol. The maximum absolute atomic E-state index is 11.4. The van der Waals surface area contributed by atoms with Crippen LogP contribution in [-0.4, -0.2) is 58.7 Å². The Hall–Kier alpha value is -2.58. The highest BCUT2D eigenvalue weighted by molar-refractivity contribution is 7.86.